The lowest BCUT2D eigenvalue weighted by atomic mass is 10.2. The molecule has 4 nitrogen and oxygen atoms in total. The summed E-state index contributed by atoms with van der Waals surface area (Å²) < 4.78 is 26.6. The molecule has 2 N–H and O–H groups in total. The molecule has 1 aromatic rings. The third-order valence-electron chi connectivity index (χ3n) is 2.63. The molecule has 0 aliphatic carbocycles. The van der Waals surface area contributed by atoms with Crippen LogP contribution in [-0.2, 0) is 10.0 Å². The lowest BCUT2D eigenvalue weighted by Gasteiger charge is -2.10. The molecule has 1 aromatic carbocycles. The Morgan fingerprint density at radius 1 is 1.28 bits per heavy atom. The van der Waals surface area contributed by atoms with Crippen LogP contribution < -0.4 is 4.72 Å². The average Bonchev–Trinajstić information content (AvgIpc) is 2.32. The first-order valence-corrected chi connectivity index (χ1v) is 7.71. The third kappa shape index (κ3) is 4.24. The average molecular weight is 292 g/mol. The third-order valence-corrected chi connectivity index (χ3v) is 4.65. The summed E-state index contributed by atoms with van der Waals surface area (Å²) >= 11 is 5.90. The van der Waals surface area contributed by atoms with Gasteiger partial charge in [-0.15, -0.1) is 0 Å². The van der Waals surface area contributed by atoms with Gasteiger partial charge in [-0.3, -0.25) is 0 Å². The molecule has 0 aromatic heterocycles. The molecule has 6 heteroatoms. The molecule has 0 aliphatic rings. The van der Waals surface area contributed by atoms with Gasteiger partial charge in [-0.2, -0.15) is 0 Å². The van der Waals surface area contributed by atoms with E-state index < -0.39 is 10.0 Å². The Labute approximate surface area is 113 Å². The highest BCUT2D eigenvalue weighted by Gasteiger charge is 2.17. The van der Waals surface area contributed by atoms with Gasteiger partial charge >= 0.3 is 0 Å². The smallest absolute Gasteiger partial charge is 0.240 e. The molecule has 0 saturated carbocycles. The van der Waals surface area contributed by atoms with E-state index in [9.17, 15) is 8.42 Å². The largest absolute Gasteiger partial charge is 0.396 e. The summed E-state index contributed by atoms with van der Waals surface area (Å²) in [7, 11) is -3.50. The molecular formula is C12H18ClNO3S. The number of sulfonamides is 1. The molecule has 0 unspecified atom stereocenters. The molecule has 0 heterocycles. The molecule has 0 bridgehead atoms. The van der Waals surface area contributed by atoms with E-state index in [0.29, 0.717) is 30.0 Å². The van der Waals surface area contributed by atoms with E-state index in [1.54, 1.807) is 19.1 Å². The maximum Gasteiger partial charge on any atom is 0.240 e. The number of rotatable bonds is 7. The fraction of sp³-hybridized carbons (Fsp3) is 0.500. The maximum atomic E-state index is 12.0. The second kappa shape index (κ2) is 7.09. The van der Waals surface area contributed by atoms with Crippen molar-refractivity contribution < 1.29 is 13.5 Å². The minimum Gasteiger partial charge on any atom is -0.396 e. The Bertz CT molecular complexity index is 488. The van der Waals surface area contributed by atoms with Gasteiger partial charge in [0, 0.05) is 18.2 Å². The molecule has 0 radical (unpaired) electrons. The van der Waals surface area contributed by atoms with E-state index in [2.05, 4.69) is 4.72 Å². The number of halogens is 1. The topological polar surface area (TPSA) is 66.4 Å². The summed E-state index contributed by atoms with van der Waals surface area (Å²) in [6.45, 7) is 2.19. The van der Waals surface area contributed by atoms with E-state index in [0.717, 1.165) is 6.42 Å². The Morgan fingerprint density at radius 3 is 2.67 bits per heavy atom. The standard InChI is InChI=1S/C12H18ClNO3S/c1-10-11(13)6-5-7-12(10)18(16,17)14-8-3-2-4-9-15/h5-7,14-15H,2-4,8-9H2,1H3. The van der Waals surface area contributed by atoms with Crippen LogP contribution in [0.25, 0.3) is 0 Å². The van der Waals surface area contributed by atoms with Gasteiger partial charge < -0.3 is 5.11 Å². The van der Waals surface area contributed by atoms with Crippen molar-refractivity contribution in [2.24, 2.45) is 0 Å². The first kappa shape index (κ1) is 15.4. The van der Waals surface area contributed by atoms with E-state index in [4.69, 9.17) is 16.7 Å². The number of unbranched alkanes of at least 4 members (excludes halogenated alkanes) is 2. The molecule has 0 fully saturated rings. The van der Waals surface area contributed by atoms with Crippen molar-refractivity contribution in [1.29, 1.82) is 0 Å². The summed E-state index contributed by atoms with van der Waals surface area (Å²) in [5.41, 5.74) is 0.557. The molecular weight excluding hydrogens is 274 g/mol. The van der Waals surface area contributed by atoms with Crippen LogP contribution in [0.2, 0.25) is 5.02 Å². The Morgan fingerprint density at radius 2 is 2.00 bits per heavy atom. The number of hydrogen-bond acceptors (Lipinski definition) is 3. The predicted octanol–water partition coefficient (Wildman–Crippen LogP) is 2.09. The van der Waals surface area contributed by atoms with Crippen molar-refractivity contribution in [2.45, 2.75) is 31.1 Å². The van der Waals surface area contributed by atoms with Gasteiger partial charge in [-0.25, -0.2) is 13.1 Å². The second-order valence-corrected chi connectivity index (χ2v) is 6.19. The van der Waals surface area contributed by atoms with Crippen LogP contribution in [-0.4, -0.2) is 26.7 Å². The lowest BCUT2D eigenvalue weighted by molar-refractivity contribution is 0.283. The number of nitrogens with one attached hydrogen (secondary N) is 1. The van der Waals surface area contributed by atoms with Crippen molar-refractivity contribution in [3.8, 4) is 0 Å². The highest BCUT2D eigenvalue weighted by molar-refractivity contribution is 7.89. The number of aliphatic hydroxyl groups is 1. The summed E-state index contributed by atoms with van der Waals surface area (Å²) in [5.74, 6) is 0. The molecule has 18 heavy (non-hydrogen) atoms. The van der Waals surface area contributed by atoms with Gasteiger partial charge in [-0.05, 0) is 43.9 Å². The Kier molecular flexibility index (Phi) is 6.08. The first-order valence-electron chi connectivity index (χ1n) is 5.84. The highest BCUT2D eigenvalue weighted by atomic mass is 35.5. The molecule has 1 rings (SSSR count). The summed E-state index contributed by atoms with van der Waals surface area (Å²) in [5, 5.41) is 9.06. The molecule has 0 saturated heterocycles. The van der Waals surface area contributed by atoms with E-state index >= 15 is 0 Å². The van der Waals surface area contributed by atoms with Gasteiger partial charge in [-0.1, -0.05) is 17.7 Å². The minimum absolute atomic E-state index is 0.139. The number of hydrogen-bond donors (Lipinski definition) is 2. The molecule has 0 atom stereocenters. The van der Waals surface area contributed by atoms with Gasteiger partial charge in [0.1, 0.15) is 0 Å². The van der Waals surface area contributed by atoms with Crippen LogP contribution in [0.4, 0.5) is 0 Å². The zero-order chi connectivity index (χ0) is 13.6. The van der Waals surface area contributed by atoms with Crippen molar-refractivity contribution in [2.75, 3.05) is 13.2 Å². The molecule has 0 spiro atoms. The normalized spacial score (nSPS) is 11.7. The summed E-state index contributed by atoms with van der Waals surface area (Å²) in [4.78, 5) is 0.220. The fourth-order valence-corrected chi connectivity index (χ4v) is 3.15. The van der Waals surface area contributed by atoms with Crippen LogP contribution in [0, 0.1) is 6.92 Å². The summed E-state index contributed by atoms with van der Waals surface area (Å²) in [6, 6.07) is 4.82. The van der Waals surface area contributed by atoms with Crippen LogP contribution in [0.3, 0.4) is 0 Å². The van der Waals surface area contributed by atoms with Crippen molar-refractivity contribution >= 4 is 21.6 Å². The van der Waals surface area contributed by atoms with Crippen LogP contribution in [0.15, 0.2) is 23.1 Å². The fourth-order valence-electron chi connectivity index (χ4n) is 1.58. The van der Waals surface area contributed by atoms with Gasteiger partial charge in [0.15, 0.2) is 0 Å². The van der Waals surface area contributed by atoms with E-state index in [-0.39, 0.29) is 11.5 Å². The monoisotopic (exact) mass is 291 g/mol. The minimum atomic E-state index is -3.50. The van der Waals surface area contributed by atoms with Crippen LogP contribution in [0.1, 0.15) is 24.8 Å². The van der Waals surface area contributed by atoms with Gasteiger partial charge in [0.25, 0.3) is 0 Å². The molecule has 0 aliphatic heterocycles. The SMILES string of the molecule is Cc1c(Cl)cccc1S(=O)(=O)NCCCCCO. The van der Waals surface area contributed by atoms with Crippen LogP contribution in [0.5, 0.6) is 0 Å². The quantitative estimate of drug-likeness (QED) is 0.756. The lowest BCUT2D eigenvalue weighted by Crippen LogP contribution is -2.25. The van der Waals surface area contributed by atoms with Crippen molar-refractivity contribution in [3.63, 3.8) is 0 Å². The van der Waals surface area contributed by atoms with E-state index in [1.807, 2.05) is 0 Å². The molecule has 0 amide bonds. The predicted molar refractivity (Wildman–Crippen MR) is 72.3 cm³/mol. The van der Waals surface area contributed by atoms with E-state index in [1.165, 1.54) is 6.07 Å². The maximum absolute atomic E-state index is 12.0. The van der Waals surface area contributed by atoms with Gasteiger partial charge in [0.2, 0.25) is 10.0 Å². The number of aliphatic hydroxyl groups excluding tert-OH is 1. The van der Waals surface area contributed by atoms with Gasteiger partial charge in [0.05, 0.1) is 4.90 Å². The number of benzene rings is 1. The first-order chi connectivity index (χ1) is 8.49. The Balaban J connectivity index is 2.66. The van der Waals surface area contributed by atoms with Crippen LogP contribution >= 0.6 is 11.6 Å². The summed E-state index contributed by atoms with van der Waals surface area (Å²) in [6.07, 6.45) is 2.20. The zero-order valence-electron chi connectivity index (χ0n) is 10.3. The second-order valence-electron chi connectivity index (χ2n) is 4.05. The molecule has 102 valence electrons. The Hall–Kier alpha value is -0.620. The van der Waals surface area contributed by atoms with Crippen molar-refractivity contribution in [3.05, 3.63) is 28.8 Å². The zero-order valence-corrected chi connectivity index (χ0v) is 11.9. The highest BCUT2D eigenvalue weighted by Crippen LogP contribution is 2.22. The van der Waals surface area contributed by atoms with Crippen molar-refractivity contribution in [1.82, 2.24) is 4.72 Å².